The van der Waals surface area contributed by atoms with Crippen molar-refractivity contribution in [2.24, 2.45) is 28.8 Å². The predicted molar refractivity (Wildman–Crippen MR) is 302 cm³/mol. The summed E-state index contributed by atoms with van der Waals surface area (Å²) in [6.07, 6.45) is 18.5. The predicted octanol–water partition coefficient (Wildman–Crippen LogP) is 12.3. The molecular weight excluding hydrogens is 981 g/mol. The van der Waals surface area contributed by atoms with E-state index in [9.17, 15) is 19.2 Å². The number of fused-ring (bicyclic) bond motifs is 1. The molecule has 15 nitrogen and oxygen atoms in total. The highest BCUT2D eigenvalue weighted by molar-refractivity contribution is 7.22. The standard InChI is InChI=1S/C60H74N6O9S/c1-3-56(67)62-36-12-6-5-11-35-61-48-25-27-49(28-26-48)64-58(69)45-21-17-44(18-22-45)42-74-54-34-33-52(39-47(54)40-63-66-60-65-53-15-9-10-16-55(53)76-60)73-41-43-19-23-46(24-20-43)59(70)75-51-31-29-50(30-32-51)71-37-13-7-8-14-38-72-57(68)4-2/h3-4,9-10,15-16,25-34,39-40,43-46,61H,1-2,5-8,11-14,17-24,35-38,41-42H2,(H,62,67)(H,64,69)(H,65,66)/b63-40+. The Morgan fingerprint density at radius 3 is 2.01 bits per heavy atom. The fourth-order valence-corrected chi connectivity index (χ4v) is 10.1. The smallest absolute Gasteiger partial charge is 0.330 e. The van der Waals surface area contributed by atoms with Gasteiger partial charge in [0.05, 0.1) is 48.8 Å². The first-order chi connectivity index (χ1) is 37.2. The van der Waals surface area contributed by atoms with Crippen LogP contribution in [0.4, 0.5) is 16.5 Å². The topological polar surface area (TPSA) is 188 Å². The first kappa shape index (κ1) is 56.5. The number of carbonyl (C=O) groups excluding carboxylic acids is 4. The Hall–Kier alpha value is -7.20. The summed E-state index contributed by atoms with van der Waals surface area (Å²) in [6.45, 7) is 10.4. The molecule has 0 unspecified atom stereocenters. The number of anilines is 3. The second-order valence-electron chi connectivity index (χ2n) is 19.5. The summed E-state index contributed by atoms with van der Waals surface area (Å²) in [5.74, 6) is 2.34. The summed E-state index contributed by atoms with van der Waals surface area (Å²) in [7, 11) is 0. The normalized spacial score (nSPS) is 17.3. The maximum Gasteiger partial charge on any atom is 0.330 e. The van der Waals surface area contributed by atoms with Crippen molar-refractivity contribution < 1.29 is 42.9 Å². The van der Waals surface area contributed by atoms with Crippen LogP contribution in [0.15, 0.2) is 121 Å². The molecule has 2 amide bonds. The fourth-order valence-electron chi connectivity index (χ4n) is 9.32. The van der Waals surface area contributed by atoms with Gasteiger partial charge in [-0.1, -0.05) is 49.5 Å². The third-order valence-electron chi connectivity index (χ3n) is 13.8. The molecule has 7 rings (SSSR count). The highest BCUT2D eigenvalue weighted by atomic mass is 32.1. The van der Waals surface area contributed by atoms with Crippen molar-refractivity contribution in [2.45, 2.75) is 103 Å². The molecule has 0 spiro atoms. The van der Waals surface area contributed by atoms with Crippen molar-refractivity contribution in [3.63, 3.8) is 0 Å². The molecule has 404 valence electrons. The average Bonchev–Trinajstić information content (AvgIpc) is 3.87. The van der Waals surface area contributed by atoms with Gasteiger partial charge in [-0.3, -0.25) is 19.8 Å². The lowest BCUT2D eigenvalue weighted by Crippen LogP contribution is -2.29. The van der Waals surface area contributed by atoms with E-state index in [0.29, 0.717) is 67.2 Å². The number of rotatable bonds is 31. The van der Waals surface area contributed by atoms with Crippen molar-refractivity contribution in [1.29, 1.82) is 0 Å². The Bertz CT molecular complexity index is 2630. The van der Waals surface area contributed by atoms with Crippen LogP contribution in [0.1, 0.15) is 108 Å². The van der Waals surface area contributed by atoms with Crippen LogP contribution >= 0.6 is 11.3 Å². The first-order valence-corrected chi connectivity index (χ1v) is 27.9. The molecule has 0 radical (unpaired) electrons. The summed E-state index contributed by atoms with van der Waals surface area (Å²) in [5.41, 5.74) is 6.59. The van der Waals surface area contributed by atoms with Crippen LogP contribution in [0.5, 0.6) is 23.0 Å². The first-order valence-electron chi connectivity index (χ1n) is 27.0. The van der Waals surface area contributed by atoms with Gasteiger partial charge in [-0.15, -0.1) is 0 Å². The summed E-state index contributed by atoms with van der Waals surface area (Å²) < 4.78 is 30.6. The summed E-state index contributed by atoms with van der Waals surface area (Å²) >= 11 is 1.53. The molecule has 1 aromatic heterocycles. The number of aromatic nitrogens is 1. The van der Waals surface area contributed by atoms with Gasteiger partial charge in [-0.05, 0) is 187 Å². The van der Waals surface area contributed by atoms with E-state index in [2.05, 4.69) is 44.6 Å². The van der Waals surface area contributed by atoms with Crippen LogP contribution in [0.25, 0.3) is 10.2 Å². The van der Waals surface area contributed by atoms with Gasteiger partial charge in [-0.25, -0.2) is 9.78 Å². The summed E-state index contributed by atoms with van der Waals surface area (Å²) in [6, 6.07) is 28.9. The molecule has 0 aliphatic heterocycles. The summed E-state index contributed by atoms with van der Waals surface area (Å²) in [4.78, 5) is 53.5. The van der Waals surface area contributed by atoms with E-state index in [1.165, 1.54) is 23.5 Å². The number of benzene rings is 4. The van der Waals surface area contributed by atoms with Crippen molar-refractivity contribution in [1.82, 2.24) is 10.3 Å². The van der Waals surface area contributed by atoms with Gasteiger partial charge >= 0.3 is 11.9 Å². The van der Waals surface area contributed by atoms with E-state index in [1.807, 2.05) is 78.9 Å². The molecule has 0 saturated heterocycles. The molecule has 76 heavy (non-hydrogen) atoms. The molecule has 1 heterocycles. The average molecular weight is 1060 g/mol. The summed E-state index contributed by atoms with van der Waals surface area (Å²) in [5, 5.41) is 14.6. The lowest BCUT2D eigenvalue weighted by molar-refractivity contribution is -0.140. The van der Waals surface area contributed by atoms with Crippen LogP contribution in [-0.4, -0.2) is 74.5 Å². The van der Waals surface area contributed by atoms with Gasteiger partial charge in [-0.2, -0.15) is 5.10 Å². The third kappa shape index (κ3) is 19.2. The number of carbonyl (C=O) groups is 4. The number of esters is 2. The van der Waals surface area contributed by atoms with E-state index < -0.39 is 5.97 Å². The number of hydrogen-bond donors (Lipinski definition) is 4. The second-order valence-corrected chi connectivity index (χ2v) is 20.6. The number of hydrogen-bond acceptors (Lipinski definition) is 14. The monoisotopic (exact) mass is 1050 g/mol. The van der Waals surface area contributed by atoms with Gasteiger partial charge in [0.2, 0.25) is 16.9 Å². The van der Waals surface area contributed by atoms with Gasteiger partial charge < -0.3 is 39.6 Å². The zero-order valence-corrected chi connectivity index (χ0v) is 44.5. The lowest BCUT2D eigenvalue weighted by Gasteiger charge is -2.28. The van der Waals surface area contributed by atoms with Crippen molar-refractivity contribution in [2.75, 3.05) is 55.6 Å². The largest absolute Gasteiger partial charge is 0.494 e. The van der Waals surface area contributed by atoms with E-state index in [-0.39, 0.29) is 29.6 Å². The van der Waals surface area contributed by atoms with E-state index in [0.717, 1.165) is 142 Å². The van der Waals surface area contributed by atoms with Crippen LogP contribution < -0.4 is 40.3 Å². The van der Waals surface area contributed by atoms with Gasteiger partial charge in [0.25, 0.3) is 0 Å². The van der Waals surface area contributed by atoms with Crippen LogP contribution in [-0.2, 0) is 23.9 Å². The van der Waals surface area contributed by atoms with Crippen LogP contribution in [0.2, 0.25) is 0 Å². The number of hydrazone groups is 1. The number of para-hydroxylation sites is 1. The van der Waals surface area contributed by atoms with Crippen molar-refractivity contribution in [3.05, 3.63) is 122 Å². The van der Waals surface area contributed by atoms with Crippen LogP contribution in [0, 0.1) is 23.7 Å². The molecule has 2 aliphatic rings. The highest BCUT2D eigenvalue weighted by Gasteiger charge is 2.29. The third-order valence-corrected chi connectivity index (χ3v) is 14.8. The zero-order chi connectivity index (χ0) is 53.2. The van der Waals surface area contributed by atoms with Gasteiger partial charge in [0.15, 0.2) is 0 Å². The Morgan fingerprint density at radius 2 is 1.29 bits per heavy atom. The Morgan fingerprint density at radius 1 is 0.645 bits per heavy atom. The van der Waals surface area contributed by atoms with Crippen molar-refractivity contribution >= 4 is 68.0 Å². The molecular formula is C60H74N6O9S. The molecule has 4 N–H and O–H groups in total. The molecule has 2 aliphatic carbocycles. The quantitative estimate of drug-likeness (QED) is 0.00823. The van der Waals surface area contributed by atoms with E-state index in [1.54, 1.807) is 18.3 Å². The second kappa shape index (κ2) is 31.0. The van der Waals surface area contributed by atoms with E-state index in [4.69, 9.17) is 23.7 Å². The number of ether oxygens (including phenoxy) is 5. The minimum absolute atomic E-state index is 0.0523. The molecule has 2 saturated carbocycles. The maximum absolute atomic E-state index is 13.3. The van der Waals surface area contributed by atoms with Crippen LogP contribution in [0.3, 0.4) is 0 Å². The minimum atomic E-state index is -0.392. The van der Waals surface area contributed by atoms with Gasteiger partial charge in [0.1, 0.15) is 23.0 Å². The number of unbranched alkanes of at least 4 members (excludes halogenated alkanes) is 6. The molecule has 0 bridgehead atoms. The molecule has 4 aromatic carbocycles. The lowest BCUT2D eigenvalue weighted by atomic mass is 9.82. The zero-order valence-electron chi connectivity index (χ0n) is 43.6. The number of amides is 2. The maximum atomic E-state index is 13.3. The SMILES string of the molecule is C=CC(=O)NCCCCCCNc1ccc(NC(=O)C2CCC(COc3ccc(OCC4CCC(C(=O)Oc5ccc(OCCCCCCOC(=O)C=C)cc5)CC4)cc3/C=N/Nc3nc4ccccc4s3)CC2)cc1. The molecule has 16 heteroatoms. The van der Waals surface area contributed by atoms with Crippen molar-refractivity contribution in [3.8, 4) is 23.0 Å². The fraction of sp³-hybridized carbons (Fsp3) is 0.433. The number of nitrogens with one attached hydrogen (secondary N) is 4. The highest BCUT2D eigenvalue weighted by Crippen LogP contribution is 2.34. The van der Waals surface area contributed by atoms with Gasteiger partial charge in [0, 0.05) is 42.0 Å². The Balaban J connectivity index is 0.821. The number of thiazole rings is 1. The molecule has 2 fully saturated rings. The Labute approximate surface area is 451 Å². The Kier molecular flexibility index (Phi) is 23.1. The molecule has 5 aromatic rings. The molecule has 0 atom stereocenters. The van der Waals surface area contributed by atoms with E-state index >= 15 is 0 Å². The minimum Gasteiger partial charge on any atom is -0.494 e. The number of nitrogens with zero attached hydrogens (tertiary/aromatic N) is 2.